The molecule has 0 saturated heterocycles. The maximum atomic E-state index is 13.3. The van der Waals surface area contributed by atoms with Crippen molar-refractivity contribution >= 4 is 9.84 Å². The molecule has 0 N–H and O–H groups in total. The summed E-state index contributed by atoms with van der Waals surface area (Å²) in [6, 6.07) is 7.17. The van der Waals surface area contributed by atoms with E-state index in [2.05, 4.69) is 10.1 Å². The lowest BCUT2D eigenvalue weighted by atomic mass is 10.3. The molecule has 0 saturated carbocycles. The average Bonchev–Trinajstić information content (AvgIpc) is 3.08. The predicted octanol–water partition coefficient (Wildman–Crippen LogP) is 2.28. The van der Waals surface area contributed by atoms with Gasteiger partial charge in [0.2, 0.25) is 15.0 Å². The molecule has 0 aliphatic carbocycles. The maximum absolute atomic E-state index is 13.3. The van der Waals surface area contributed by atoms with E-state index in [-0.39, 0.29) is 10.9 Å². The number of hydrogen-bond donors (Lipinski definition) is 0. The van der Waals surface area contributed by atoms with Gasteiger partial charge in [0, 0.05) is 18.5 Å². The van der Waals surface area contributed by atoms with Gasteiger partial charge in [0.05, 0.1) is 11.4 Å². The van der Waals surface area contributed by atoms with Crippen molar-refractivity contribution in [3.05, 3.63) is 60.0 Å². The zero-order valence-corrected chi connectivity index (χ0v) is 12.4. The lowest BCUT2D eigenvalue weighted by molar-refractivity contribution is 0.392. The molecule has 114 valence electrons. The van der Waals surface area contributed by atoms with Crippen LogP contribution in [-0.4, -0.2) is 23.1 Å². The predicted molar refractivity (Wildman–Crippen MR) is 75.7 cm³/mol. The molecule has 0 fully saturated rings. The molecular formula is C14H12FN3O3S. The van der Waals surface area contributed by atoms with Crippen molar-refractivity contribution in [3.8, 4) is 5.69 Å². The molecule has 0 aliphatic heterocycles. The largest absolute Gasteiger partial charge is 0.361 e. The van der Waals surface area contributed by atoms with E-state index in [1.54, 1.807) is 19.1 Å². The first-order valence-electron chi connectivity index (χ1n) is 6.40. The molecule has 2 heterocycles. The molecule has 0 atom stereocenters. The maximum Gasteiger partial charge on any atom is 0.232 e. The van der Waals surface area contributed by atoms with Crippen LogP contribution in [-0.2, 0) is 15.6 Å². The summed E-state index contributed by atoms with van der Waals surface area (Å²) in [7, 11) is -3.74. The molecule has 1 aromatic carbocycles. The Morgan fingerprint density at radius 1 is 1.32 bits per heavy atom. The van der Waals surface area contributed by atoms with Crippen molar-refractivity contribution in [1.29, 1.82) is 0 Å². The van der Waals surface area contributed by atoms with Crippen molar-refractivity contribution in [2.45, 2.75) is 17.8 Å². The summed E-state index contributed by atoms with van der Waals surface area (Å²) in [4.78, 5) is 3.89. The van der Waals surface area contributed by atoms with Crippen LogP contribution in [0.1, 0.15) is 11.5 Å². The number of aromatic nitrogens is 3. The number of halogens is 1. The van der Waals surface area contributed by atoms with E-state index in [4.69, 9.17) is 4.52 Å². The number of aryl methyl sites for hydroxylation is 1. The average molecular weight is 321 g/mol. The molecular weight excluding hydrogens is 309 g/mol. The molecule has 3 rings (SSSR count). The smallest absolute Gasteiger partial charge is 0.232 e. The van der Waals surface area contributed by atoms with Crippen molar-refractivity contribution in [1.82, 2.24) is 14.7 Å². The number of hydrogen-bond acceptors (Lipinski definition) is 5. The van der Waals surface area contributed by atoms with Crippen LogP contribution >= 0.6 is 0 Å². The SMILES string of the molecule is Cc1cc(CS(=O)(=O)c2nccn2-c2cccc(F)c2)no1. The first kappa shape index (κ1) is 14.5. The van der Waals surface area contributed by atoms with Crippen LogP contribution < -0.4 is 0 Å². The Hall–Kier alpha value is -2.48. The molecule has 0 unspecified atom stereocenters. The second-order valence-corrected chi connectivity index (χ2v) is 6.63. The minimum absolute atomic E-state index is 0.168. The van der Waals surface area contributed by atoms with E-state index >= 15 is 0 Å². The number of sulfone groups is 1. The van der Waals surface area contributed by atoms with Crippen LogP contribution in [0.15, 0.2) is 52.4 Å². The van der Waals surface area contributed by atoms with Gasteiger partial charge in [-0.3, -0.25) is 4.57 Å². The van der Waals surface area contributed by atoms with Crippen molar-refractivity contribution in [2.75, 3.05) is 0 Å². The number of benzene rings is 1. The van der Waals surface area contributed by atoms with Crippen molar-refractivity contribution in [3.63, 3.8) is 0 Å². The van der Waals surface area contributed by atoms with E-state index in [0.717, 1.165) is 0 Å². The summed E-state index contributed by atoms with van der Waals surface area (Å²) in [6.45, 7) is 1.68. The lowest BCUT2D eigenvalue weighted by Crippen LogP contribution is -2.12. The minimum Gasteiger partial charge on any atom is -0.361 e. The molecule has 0 amide bonds. The van der Waals surface area contributed by atoms with Gasteiger partial charge in [0.15, 0.2) is 0 Å². The third-order valence-corrected chi connectivity index (χ3v) is 4.52. The van der Waals surface area contributed by atoms with Gasteiger partial charge in [0.1, 0.15) is 17.3 Å². The topological polar surface area (TPSA) is 78.0 Å². The fourth-order valence-electron chi connectivity index (χ4n) is 2.09. The van der Waals surface area contributed by atoms with Crippen LogP contribution in [0.25, 0.3) is 5.69 Å². The summed E-state index contributed by atoms with van der Waals surface area (Å²) in [5, 5.41) is 3.51. The number of nitrogens with zero attached hydrogens (tertiary/aromatic N) is 3. The van der Waals surface area contributed by atoms with Gasteiger partial charge in [-0.2, -0.15) is 0 Å². The highest BCUT2D eigenvalue weighted by atomic mass is 32.2. The van der Waals surface area contributed by atoms with Crippen molar-refractivity contribution in [2.24, 2.45) is 0 Å². The number of imidazole rings is 1. The highest BCUT2D eigenvalue weighted by Crippen LogP contribution is 2.19. The van der Waals surface area contributed by atoms with Crippen LogP contribution in [0, 0.1) is 12.7 Å². The van der Waals surface area contributed by atoms with Gasteiger partial charge in [-0.05, 0) is 25.1 Å². The van der Waals surface area contributed by atoms with Gasteiger partial charge in [0.25, 0.3) is 0 Å². The third-order valence-electron chi connectivity index (χ3n) is 2.99. The quantitative estimate of drug-likeness (QED) is 0.736. The van der Waals surface area contributed by atoms with Crippen LogP contribution in [0.5, 0.6) is 0 Å². The van der Waals surface area contributed by atoms with Crippen LogP contribution in [0.2, 0.25) is 0 Å². The minimum atomic E-state index is -3.74. The fraction of sp³-hybridized carbons (Fsp3) is 0.143. The van der Waals surface area contributed by atoms with E-state index in [1.807, 2.05) is 0 Å². The monoisotopic (exact) mass is 321 g/mol. The first-order valence-corrected chi connectivity index (χ1v) is 8.05. The third kappa shape index (κ3) is 2.77. The molecule has 2 aromatic heterocycles. The summed E-state index contributed by atoms with van der Waals surface area (Å²) >= 11 is 0. The normalized spacial score (nSPS) is 11.7. The standard InChI is InChI=1S/C14H12FN3O3S/c1-10-7-12(17-21-10)9-22(19,20)14-16-5-6-18(14)13-4-2-3-11(15)8-13/h2-8H,9H2,1H3. The Balaban J connectivity index is 2.00. The van der Waals surface area contributed by atoms with Gasteiger partial charge < -0.3 is 4.52 Å². The Kier molecular flexibility index (Phi) is 3.53. The zero-order valence-electron chi connectivity index (χ0n) is 11.6. The molecule has 0 bridgehead atoms. The second-order valence-electron chi connectivity index (χ2n) is 4.75. The number of rotatable bonds is 4. The van der Waals surface area contributed by atoms with Crippen LogP contribution in [0.4, 0.5) is 4.39 Å². The van der Waals surface area contributed by atoms with E-state index in [0.29, 0.717) is 17.1 Å². The summed E-state index contributed by atoms with van der Waals surface area (Å²) < 4.78 is 44.5. The summed E-state index contributed by atoms with van der Waals surface area (Å²) in [5.74, 6) is -0.267. The highest BCUT2D eigenvalue weighted by Gasteiger charge is 2.23. The van der Waals surface area contributed by atoms with Crippen molar-refractivity contribution < 1.29 is 17.3 Å². The van der Waals surface area contributed by atoms with Gasteiger partial charge >= 0.3 is 0 Å². The molecule has 22 heavy (non-hydrogen) atoms. The van der Waals surface area contributed by atoms with Crippen LogP contribution in [0.3, 0.4) is 0 Å². The van der Waals surface area contributed by atoms with E-state index < -0.39 is 15.7 Å². The molecule has 0 radical (unpaired) electrons. The Morgan fingerprint density at radius 2 is 2.14 bits per heavy atom. The fourth-order valence-corrected chi connectivity index (χ4v) is 3.43. The van der Waals surface area contributed by atoms with Gasteiger partial charge in [-0.25, -0.2) is 17.8 Å². The second kappa shape index (κ2) is 5.38. The molecule has 0 aliphatic rings. The molecule has 6 nitrogen and oxygen atoms in total. The molecule has 8 heteroatoms. The Labute approximate surface area is 126 Å². The zero-order chi connectivity index (χ0) is 15.7. The Bertz CT molecular complexity index is 915. The van der Waals surface area contributed by atoms with Gasteiger partial charge in [-0.15, -0.1) is 0 Å². The summed E-state index contributed by atoms with van der Waals surface area (Å²) in [6.07, 6.45) is 2.82. The van der Waals surface area contributed by atoms with E-state index in [9.17, 15) is 12.8 Å². The Morgan fingerprint density at radius 3 is 2.82 bits per heavy atom. The summed E-state index contributed by atoms with van der Waals surface area (Å²) in [5.41, 5.74) is 0.679. The van der Waals surface area contributed by atoms with Gasteiger partial charge in [-0.1, -0.05) is 11.2 Å². The lowest BCUT2D eigenvalue weighted by Gasteiger charge is -2.07. The molecule has 3 aromatic rings. The van der Waals surface area contributed by atoms with E-state index in [1.165, 1.54) is 35.2 Å². The highest BCUT2D eigenvalue weighted by molar-refractivity contribution is 7.90. The first-order chi connectivity index (χ1) is 10.5. The molecule has 0 spiro atoms.